The Balaban J connectivity index is 1.53. The molecule has 0 unspecified atom stereocenters. The highest BCUT2D eigenvalue weighted by molar-refractivity contribution is 7.89. The largest absolute Gasteiger partial charge is 0.493 e. The first-order valence-electron chi connectivity index (χ1n) is 17.1. The molecule has 0 aliphatic carbocycles. The highest BCUT2D eigenvalue weighted by atomic mass is 35.5. The van der Waals surface area contributed by atoms with E-state index in [4.69, 9.17) is 55.9 Å². The molecule has 1 heterocycles. The zero-order valence-electron chi connectivity index (χ0n) is 30.7. The van der Waals surface area contributed by atoms with Crippen molar-refractivity contribution in [2.45, 2.75) is 83.5 Å². The minimum atomic E-state index is -4.02. The van der Waals surface area contributed by atoms with Crippen molar-refractivity contribution >= 4 is 74.0 Å². The van der Waals surface area contributed by atoms with E-state index in [-0.39, 0.29) is 66.1 Å². The predicted octanol–water partition coefficient (Wildman–Crippen LogP) is 9.75. The van der Waals surface area contributed by atoms with Crippen LogP contribution in [0.25, 0.3) is 5.69 Å². The number of aromatic nitrogens is 2. The monoisotopic (exact) mass is 827 g/mol. The molecule has 53 heavy (non-hydrogen) atoms. The molecule has 0 aliphatic heterocycles. The Labute approximate surface area is 330 Å². The van der Waals surface area contributed by atoms with Gasteiger partial charge in [0.2, 0.25) is 15.8 Å². The molecule has 16 heteroatoms. The van der Waals surface area contributed by atoms with Crippen LogP contribution in [0.15, 0.2) is 58.2 Å². The van der Waals surface area contributed by atoms with E-state index < -0.39 is 27.4 Å². The zero-order valence-corrected chi connectivity index (χ0v) is 34.5. The van der Waals surface area contributed by atoms with Crippen LogP contribution in [0.5, 0.6) is 11.5 Å². The molecule has 0 fully saturated rings. The van der Waals surface area contributed by atoms with Gasteiger partial charge in [-0.2, -0.15) is 0 Å². The third kappa shape index (κ3) is 10.0. The molecule has 288 valence electrons. The highest BCUT2D eigenvalue weighted by Gasteiger charge is 2.27. The van der Waals surface area contributed by atoms with Gasteiger partial charge in [-0.3, -0.25) is 9.89 Å². The summed E-state index contributed by atoms with van der Waals surface area (Å²) in [7, 11) is -4.02. The highest BCUT2D eigenvalue weighted by Crippen LogP contribution is 2.39. The van der Waals surface area contributed by atoms with Gasteiger partial charge in [-0.1, -0.05) is 100 Å². The van der Waals surface area contributed by atoms with Crippen molar-refractivity contribution in [3.05, 3.63) is 90.1 Å². The van der Waals surface area contributed by atoms with Gasteiger partial charge in [0.1, 0.15) is 11.4 Å². The number of anilines is 2. The van der Waals surface area contributed by atoms with Crippen LogP contribution in [0.2, 0.25) is 20.1 Å². The minimum absolute atomic E-state index is 0.0238. The summed E-state index contributed by atoms with van der Waals surface area (Å²) in [6, 6.07) is 13.1. The number of halogens is 4. The van der Waals surface area contributed by atoms with Gasteiger partial charge in [0, 0.05) is 23.7 Å². The summed E-state index contributed by atoms with van der Waals surface area (Å²) >= 11 is 25.3. The number of hydrogen-bond acceptors (Lipinski definition) is 7. The minimum Gasteiger partial charge on any atom is -0.493 e. The molecule has 0 saturated carbocycles. The summed E-state index contributed by atoms with van der Waals surface area (Å²) in [5.41, 5.74) is 1.57. The number of carbonyl (C=O) groups is 1. The Morgan fingerprint density at radius 1 is 0.887 bits per heavy atom. The number of amides is 1. The lowest BCUT2D eigenvalue weighted by Crippen LogP contribution is -2.28. The normalized spacial score (nSPS) is 12.1. The van der Waals surface area contributed by atoms with Gasteiger partial charge >= 0.3 is 11.7 Å². The number of ether oxygens (including phenoxy) is 2. The fourth-order valence-corrected chi connectivity index (χ4v) is 7.48. The van der Waals surface area contributed by atoms with E-state index in [0.29, 0.717) is 13.0 Å². The van der Waals surface area contributed by atoms with Crippen molar-refractivity contribution in [3.63, 3.8) is 0 Å². The molecule has 11 nitrogen and oxygen atoms in total. The molecule has 0 radical (unpaired) electrons. The number of nitrogens with one attached hydrogen (secondary N) is 4. The molecule has 4 N–H and O–H groups in total. The van der Waals surface area contributed by atoms with Crippen LogP contribution >= 0.6 is 46.4 Å². The Bertz CT molecular complexity index is 2110. The first-order valence-corrected chi connectivity index (χ1v) is 20.1. The summed E-state index contributed by atoms with van der Waals surface area (Å²) < 4.78 is 41.9. The number of carbonyl (C=O) groups excluding carboxylic acids is 1. The second kappa shape index (κ2) is 17.4. The molecule has 0 saturated heterocycles. The average molecular weight is 830 g/mol. The maximum Gasteiger partial charge on any atom is 0.412 e. The smallest absolute Gasteiger partial charge is 0.412 e. The number of rotatable bonds is 16. The lowest BCUT2D eigenvalue weighted by molar-refractivity contribution is 0.201. The van der Waals surface area contributed by atoms with Crippen LogP contribution in [0, 0.1) is 0 Å². The Kier molecular flexibility index (Phi) is 13.9. The maximum absolute atomic E-state index is 13.5. The van der Waals surface area contributed by atoms with Gasteiger partial charge in [-0.25, -0.2) is 22.6 Å². The number of benzene rings is 3. The molecular weight excluding hydrogens is 784 g/mol. The predicted molar refractivity (Wildman–Crippen MR) is 214 cm³/mol. The average Bonchev–Trinajstić information content (AvgIpc) is 3.38. The Morgan fingerprint density at radius 3 is 2.17 bits per heavy atom. The molecule has 1 amide bonds. The topological polar surface area (TPSA) is 144 Å². The van der Waals surface area contributed by atoms with Crippen LogP contribution in [-0.4, -0.2) is 44.0 Å². The quantitative estimate of drug-likeness (QED) is 0.0824. The number of hydrogen-bond donors (Lipinski definition) is 4. The fourth-order valence-electron chi connectivity index (χ4n) is 5.23. The Hall–Kier alpha value is -3.39. The molecule has 4 rings (SSSR count). The molecule has 0 atom stereocenters. The second-order valence-corrected chi connectivity index (χ2v) is 17.1. The van der Waals surface area contributed by atoms with Gasteiger partial charge in [-0.05, 0) is 79.0 Å². The second-order valence-electron chi connectivity index (χ2n) is 13.6. The van der Waals surface area contributed by atoms with Crippen LogP contribution < -0.4 is 30.4 Å². The number of H-pyrrole nitrogens is 1. The van der Waals surface area contributed by atoms with Crippen molar-refractivity contribution < 1.29 is 22.7 Å². The summed E-state index contributed by atoms with van der Waals surface area (Å²) in [5.74, 6) is 0.184. The van der Waals surface area contributed by atoms with Gasteiger partial charge < -0.3 is 20.1 Å². The van der Waals surface area contributed by atoms with E-state index in [1.54, 1.807) is 6.92 Å². The van der Waals surface area contributed by atoms with E-state index in [0.717, 1.165) is 28.8 Å². The lowest BCUT2D eigenvalue weighted by Gasteiger charge is -2.30. The number of nitrogens with zero attached hydrogens (tertiary/aromatic N) is 1. The summed E-state index contributed by atoms with van der Waals surface area (Å²) in [6.07, 6.45) is 1.41. The van der Waals surface area contributed by atoms with Crippen molar-refractivity contribution in [2.75, 3.05) is 25.0 Å². The summed E-state index contributed by atoms with van der Waals surface area (Å²) in [5, 5.41) is 8.51. The fraction of sp³-hybridized carbons (Fsp3) is 0.405. The van der Waals surface area contributed by atoms with Crippen LogP contribution in [-0.2, 0) is 20.9 Å². The molecular formula is C37H45Cl4N5O6S. The van der Waals surface area contributed by atoms with Gasteiger partial charge in [0.15, 0.2) is 5.82 Å². The molecule has 1 aromatic heterocycles. The molecule has 4 aromatic rings. The van der Waals surface area contributed by atoms with Gasteiger partial charge in [0.05, 0.1) is 32.3 Å². The third-order valence-corrected chi connectivity index (χ3v) is 11.8. The summed E-state index contributed by atoms with van der Waals surface area (Å²) in [6.45, 7) is 15.5. The number of sulfonamides is 1. The first-order chi connectivity index (χ1) is 24.8. The Morgan fingerprint density at radius 2 is 1.55 bits per heavy atom. The molecule has 3 aromatic carbocycles. The van der Waals surface area contributed by atoms with Crippen LogP contribution in [0.3, 0.4) is 0 Å². The van der Waals surface area contributed by atoms with E-state index in [1.807, 2.05) is 6.07 Å². The van der Waals surface area contributed by atoms with E-state index in [9.17, 15) is 18.0 Å². The van der Waals surface area contributed by atoms with Crippen molar-refractivity contribution in [1.29, 1.82) is 0 Å². The first kappa shape index (κ1) is 42.4. The van der Waals surface area contributed by atoms with Gasteiger partial charge in [-0.15, -0.1) is 0 Å². The molecule has 0 spiro atoms. The van der Waals surface area contributed by atoms with E-state index in [1.165, 1.54) is 35.9 Å². The molecule has 0 aliphatic rings. The van der Waals surface area contributed by atoms with Crippen molar-refractivity contribution in [2.24, 2.45) is 0 Å². The van der Waals surface area contributed by atoms with E-state index in [2.05, 4.69) is 74.1 Å². The van der Waals surface area contributed by atoms with Crippen LogP contribution in [0.4, 0.5) is 16.3 Å². The third-order valence-electron chi connectivity index (χ3n) is 9.21. The van der Waals surface area contributed by atoms with E-state index >= 15 is 0 Å². The molecule has 0 bridgehead atoms. The van der Waals surface area contributed by atoms with Crippen molar-refractivity contribution in [1.82, 2.24) is 19.8 Å². The zero-order chi connectivity index (χ0) is 39.3. The standard InChI is InChI=1S/C37H45Cl4N5O6S/c1-8-36(4,5)22-12-15-30(25(18-22)37(6,7)9-2)51-17-11-16-43-53(49,50)24-13-14-26(39)29(21-24)44-33-32(52-35(48)42-10-3)34(47)46(45-33)31-27(40)19-23(38)20-28(31)41/h12-15,18-21,43-45H,8-11,16-17H2,1-7H3,(H,42,48). The van der Waals surface area contributed by atoms with Gasteiger partial charge in [0.25, 0.3) is 0 Å². The van der Waals surface area contributed by atoms with Crippen molar-refractivity contribution in [3.8, 4) is 17.2 Å². The lowest BCUT2D eigenvalue weighted by atomic mass is 9.76. The maximum atomic E-state index is 13.5. The summed E-state index contributed by atoms with van der Waals surface area (Å²) in [4.78, 5) is 25.8. The number of aromatic amines is 1. The van der Waals surface area contributed by atoms with Crippen LogP contribution in [0.1, 0.15) is 78.9 Å². The SMILES string of the molecule is CCNC(=O)Oc1c(Nc2cc(S(=O)(=O)NCCCOc3ccc(C(C)(C)CC)cc3C(C)(C)CC)ccc2Cl)[nH]n(-c2c(Cl)cc(Cl)cc2Cl)c1=O.